The molecule has 1 spiro atoms. The third-order valence-corrected chi connectivity index (χ3v) is 13.3. The highest BCUT2D eigenvalue weighted by Crippen LogP contribution is 2.66. The zero-order valence-corrected chi connectivity index (χ0v) is 34.2. The molecule has 0 aromatic heterocycles. The normalized spacial score (nSPS) is 12.9. The van der Waals surface area contributed by atoms with Crippen LogP contribution >= 0.6 is 0 Å². The van der Waals surface area contributed by atoms with Crippen LogP contribution in [0.15, 0.2) is 218 Å². The lowest BCUT2D eigenvalue weighted by atomic mass is 9.69. The highest BCUT2D eigenvalue weighted by molar-refractivity contribution is 6.15. The van der Waals surface area contributed by atoms with E-state index in [1.54, 1.807) is 0 Å². The summed E-state index contributed by atoms with van der Waals surface area (Å²) in [5, 5.41) is 4.97. The van der Waals surface area contributed by atoms with Crippen molar-refractivity contribution in [2.45, 2.75) is 19.3 Å². The number of rotatable bonds is 6. The molecule has 288 valence electrons. The Hall–Kier alpha value is -7.68. The molecule has 0 unspecified atom stereocenters. The number of nitrogens with zero attached hydrogens (tertiary/aromatic N) is 2. The van der Waals surface area contributed by atoms with Gasteiger partial charge in [0.1, 0.15) is 0 Å². The third-order valence-electron chi connectivity index (χ3n) is 13.3. The van der Waals surface area contributed by atoms with Gasteiger partial charge >= 0.3 is 0 Å². The van der Waals surface area contributed by atoms with E-state index in [0.717, 1.165) is 17.1 Å². The highest BCUT2D eigenvalue weighted by atomic mass is 15.2. The molecule has 0 radical (unpaired) electrons. The molecule has 10 aromatic rings. The number of anilines is 6. The lowest BCUT2D eigenvalue weighted by Crippen LogP contribution is -2.26. The summed E-state index contributed by atoms with van der Waals surface area (Å²) in [6.07, 6.45) is 0. The molecule has 0 N–H and O–H groups in total. The van der Waals surface area contributed by atoms with E-state index in [9.17, 15) is 0 Å². The molecule has 2 heteroatoms. The van der Waals surface area contributed by atoms with Crippen LogP contribution in [0, 0.1) is 13.8 Å². The molecule has 2 aliphatic rings. The molecule has 0 amide bonds. The number of fused-ring (bicyclic) bond motifs is 14. The zero-order chi connectivity index (χ0) is 40.7. The van der Waals surface area contributed by atoms with Crippen molar-refractivity contribution >= 4 is 55.7 Å². The van der Waals surface area contributed by atoms with Crippen molar-refractivity contribution in [3.05, 3.63) is 252 Å². The van der Waals surface area contributed by atoms with E-state index >= 15 is 0 Å². The summed E-state index contributed by atoms with van der Waals surface area (Å²) in [5.41, 5.74) is 19.4. The number of para-hydroxylation sites is 4. The minimum Gasteiger partial charge on any atom is -0.310 e. The van der Waals surface area contributed by atoms with Crippen LogP contribution in [-0.4, -0.2) is 0 Å². The van der Waals surface area contributed by atoms with Gasteiger partial charge in [-0.2, -0.15) is 0 Å². The Morgan fingerprint density at radius 3 is 1.49 bits per heavy atom. The maximum absolute atomic E-state index is 2.55. The van der Waals surface area contributed by atoms with E-state index in [1.807, 2.05) is 0 Å². The number of hydrogen-bond donors (Lipinski definition) is 0. The molecule has 0 bridgehead atoms. The van der Waals surface area contributed by atoms with Crippen LogP contribution in [0.3, 0.4) is 0 Å². The Morgan fingerprint density at radius 1 is 0.328 bits per heavy atom. The SMILES string of the molecule is Cc1ccccc1N(c1ccccc1)c1ccc2c3c(ccc2c1)-c1c(cc(N(c2ccccc2)c2ccccc2C)c2ccccc12)C31c2ccccc2-c2ccccc21. The van der Waals surface area contributed by atoms with Crippen LogP contribution in [0.1, 0.15) is 33.4 Å². The molecule has 61 heavy (non-hydrogen) atoms. The van der Waals surface area contributed by atoms with Gasteiger partial charge in [0, 0.05) is 33.8 Å². The summed E-state index contributed by atoms with van der Waals surface area (Å²) >= 11 is 0. The molecule has 0 atom stereocenters. The Labute approximate surface area is 357 Å². The third kappa shape index (κ3) is 5.09. The molecule has 0 aliphatic heterocycles. The van der Waals surface area contributed by atoms with Gasteiger partial charge in [-0.15, -0.1) is 0 Å². The van der Waals surface area contributed by atoms with Crippen LogP contribution < -0.4 is 9.80 Å². The van der Waals surface area contributed by atoms with Crippen molar-refractivity contribution in [1.29, 1.82) is 0 Å². The average molecular weight is 779 g/mol. The smallest absolute Gasteiger partial charge is 0.0732 e. The van der Waals surface area contributed by atoms with Crippen LogP contribution in [0.2, 0.25) is 0 Å². The lowest BCUT2D eigenvalue weighted by Gasteiger charge is -2.34. The molecule has 2 aliphatic carbocycles. The molecule has 2 nitrogen and oxygen atoms in total. The fraction of sp³-hybridized carbons (Fsp3) is 0.0508. The Morgan fingerprint density at radius 2 is 0.852 bits per heavy atom. The van der Waals surface area contributed by atoms with Gasteiger partial charge in [-0.1, -0.05) is 164 Å². The zero-order valence-electron chi connectivity index (χ0n) is 34.2. The van der Waals surface area contributed by atoms with Gasteiger partial charge < -0.3 is 9.80 Å². The Bertz CT molecular complexity index is 3300. The van der Waals surface area contributed by atoms with Gasteiger partial charge in [0.05, 0.1) is 11.1 Å². The first kappa shape index (κ1) is 35.3. The van der Waals surface area contributed by atoms with Crippen molar-refractivity contribution in [3.63, 3.8) is 0 Å². The van der Waals surface area contributed by atoms with Crippen LogP contribution in [-0.2, 0) is 5.41 Å². The second-order valence-corrected chi connectivity index (χ2v) is 16.5. The first-order valence-electron chi connectivity index (χ1n) is 21.3. The minimum atomic E-state index is -0.569. The molecule has 10 aromatic carbocycles. The maximum Gasteiger partial charge on any atom is 0.0732 e. The van der Waals surface area contributed by atoms with Crippen LogP contribution in [0.25, 0.3) is 43.8 Å². The summed E-state index contributed by atoms with van der Waals surface area (Å²) in [4.78, 5) is 4.88. The summed E-state index contributed by atoms with van der Waals surface area (Å²) in [6.45, 7) is 4.42. The van der Waals surface area contributed by atoms with E-state index in [0.29, 0.717) is 0 Å². The highest BCUT2D eigenvalue weighted by Gasteiger charge is 2.53. The lowest BCUT2D eigenvalue weighted by molar-refractivity contribution is 0.802. The second-order valence-electron chi connectivity index (χ2n) is 16.5. The standard InChI is InChI=1S/C59H42N2/c1-39-19-9-17-31-54(39)60(42-21-5-3-6-22-42)44-34-36-45-41(37-44)33-35-50-57-49-28-12-11-27-48(49)56(61(43-23-7-4-8-24-43)55-32-18-10-20-40(55)2)38-53(57)59(58(45)50)51-29-15-13-25-46(51)47-26-14-16-30-52(47)59/h3-38H,1-2H3. The van der Waals surface area contributed by atoms with Crippen molar-refractivity contribution in [1.82, 2.24) is 0 Å². The van der Waals surface area contributed by atoms with Gasteiger partial charge in [-0.05, 0) is 140 Å². The number of benzene rings is 10. The van der Waals surface area contributed by atoms with E-state index in [-0.39, 0.29) is 0 Å². The molecule has 0 fully saturated rings. The predicted molar refractivity (Wildman–Crippen MR) is 257 cm³/mol. The fourth-order valence-corrected chi connectivity index (χ4v) is 10.7. The van der Waals surface area contributed by atoms with E-state index in [2.05, 4.69) is 242 Å². The minimum absolute atomic E-state index is 0.569. The Balaban J connectivity index is 1.20. The van der Waals surface area contributed by atoms with Gasteiger partial charge in [-0.25, -0.2) is 0 Å². The van der Waals surface area contributed by atoms with E-state index in [1.165, 1.54) is 94.2 Å². The predicted octanol–water partition coefficient (Wildman–Crippen LogP) is 15.9. The van der Waals surface area contributed by atoms with Crippen molar-refractivity contribution in [3.8, 4) is 22.3 Å². The topological polar surface area (TPSA) is 6.48 Å². The van der Waals surface area contributed by atoms with E-state index in [4.69, 9.17) is 0 Å². The van der Waals surface area contributed by atoms with Crippen LogP contribution in [0.4, 0.5) is 34.1 Å². The Kier molecular flexibility index (Phi) is 7.92. The van der Waals surface area contributed by atoms with Gasteiger partial charge in [0.15, 0.2) is 0 Å². The molecular formula is C59H42N2. The summed E-state index contributed by atoms with van der Waals surface area (Å²) in [6, 6.07) is 80.9. The first-order valence-corrected chi connectivity index (χ1v) is 21.3. The van der Waals surface area contributed by atoms with Crippen molar-refractivity contribution < 1.29 is 0 Å². The van der Waals surface area contributed by atoms with E-state index < -0.39 is 5.41 Å². The van der Waals surface area contributed by atoms with Gasteiger partial charge in [0.25, 0.3) is 0 Å². The molecule has 0 heterocycles. The molecule has 12 rings (SSSR count). The van der Waals surface area contributed by atoms with Crippen LogP contribution in [0.5, 0.6) is 0 Å². The maximum atomic E-state index is 2.55. The average Bonchev–Trinajstić information content (AvgIpc) is 3.79. The quantitative estimate of drug-likeness (QED) is 0.166. The van der Waals surface area contributed by atoms with Crippen molar-refractivity contribution in [2.24, 2.45) is 0 Å². The van der Waals surface area contributed by atoms with Gasteiger partial charge in [-0.3, -0.25) is 0 Å². The van der Waals surface area contributed by atoms with Crippen molar-refractivity contribution in [2.75, 3.05) is 9.80 Å². The summed E-state index contributed by atoms with van der Waals surface area (Å²) in [7, 11) is 0. The second kappa shape index (κ2) is 13.7. The number of aryl methyl sites for hydroxylation is 2. The summed E-state index contributed by atoms with van der Waals surface area (Å²) < 4.78 is 0. The molecule has 0 saturated carbocycles. The molecule has 0 saturated heterocycles. The monoisotopic (exact) mass is 778 g/mol. The number of hydrogen-bond acceptors (Lipinski definition) is 2. The van der Waals surface area contributed by atoms with Gasteiger partial charge in [0.2, 0.25) is 0 Å². The summed E-state index contributed by atoms with van der Waals surface area (Å²) in [5.74, 6) is 0. The fourth-order valence-electron chi connectivity index (χ4n) is 10.7. The molecular weight excluding hydrogens is 737 g/mol. The first-order chi connectivity index (χ1) is 30.1. The largest absolute Gasteiger partial charge is 0.310 e.